The van der Waals surface area contributed by atoms with Crippen LogP contribution in [0.2, 0.25) is 0 Å². The van der Waals surface area contributed by atoms with Crippen molar-refractivity contribution in [2.45, 2.75) is 91.5 Å². The van der Waals surface area contributed by atoms with Gasteiger partial charge in [0.1, 0.15) is 17.7 Å². The molecule has 0 fully saturated rings. The van der Waals surface area contributed by atoms with Crippen molar-refractivity contribution in [3.05, 3.63) is 71.3 Å². The van der Waals surface area contributed by atoms with Crippen LogP contribution < -0.4 is 10.6 Å². The Kier molecular flexibility index (Phi) is 12.7. The molecule has 0 radical (unpaired) electrons. The van der Waals surface area contributed by atoms with Gasteiger partial charge >= 0.3 is 6.09 Å². The molecule has 0 saturated heterocycles. The maximum absolute atomic E-state index is 14.3. The normalized spacial score (nSPS) is 12.7. The summed E-state index contributed by atoms with van der Waals surface area (Å²) in [4.78, 5) is 42.6. The first kappa shape index (κ1) is 32.4. The van der Waals surface area contributed by atoms with Gasteiger partial charge in [0.25, 0.3) is 0 Å². The molecule has 2 rings (SSSR count). The topological polar surface area (TPSA) is 87.7 Å². The maximum Gasteiger partial charge on any atom is 0.408 e. The van der Waals surface area contributed by atoms with Crippen LogP contribution in [0.15, 0.2) is 54.6 Å². The molecular formula is C33H45N3O4. The zero-order valence-corrected chi connectivity index (χ0v) is 24.8. The summed E-state index contributed by atoms with van der Waals surface area (Å²) in [5.74, 6) is 2.10. The van der Waals surface area contributed by atoms with Crippen molar-refractivity contribution in [3.63, 3.8) is 0 Å². The molecule has 0 aromatic heterocycles. The highest BCUT2D eigenvalue weighted by atomic mass is 16.6. The molecule has 216 valence electrons. The van der Waals surface area contributed by atoms with Crippen LogP contribution in [0.4, 0.5) is 4.79 Å². The lowest BCUT2D eigenvalue weighted by Crippen LogP contribution is -2.53. The smallest absolute Gasteiger partial charge is 0.408 e. The van der Waals surface area contributed by atoms with Gasteiger partial charge in [-0.3, -0.25) is 9.59 Å². The average molecular weight is 548 g/mol. The standard InChI is InChI=1S/C33H45N3O4/c1-8-10-16-21-36(31(38)28(22-24(3)4)35-32(39)40-33(5,6)7)29(27-20-15-14-19-26(27)9-2)30(37)34-23-25-17-12-11-13-18-25/h2,11-15,17-20,24,28-29H,8,10,16,21-23H2,1,3-7H3,(H,34,37)(H,35,39). The molecule has 40 heavy (non-hydrogen) atoms. The van der Waals surface area contributed by atoms with Crippen molar-refractivity contribution in [3.8, 4) is 12.3 Å². The summed E-state index contributed by atoms with van der Waals surface area (Å²) < 4.78 is 5.47. The number of unbranched alkanes of at least 4 members (excludes halogenated alkanes) is 2. The highest BCUT2D eigenvalue weighted by molar-refractivity contribution is 5.92. The molecule has 2 aromatic rings. The third-order valence-electron chi connectivity index (χ3n) is 6.26. The number of amides is 3. The summed E-state index contributed by atoms with van der Waals surface area (Å²) in [6, 6.07) is 14.9. The van der Waals surface area contributed by atoms with Gasteiger partial charge in [-0.1, -0.05) is 88.1 Å². The third kappa shape index (κ3) is 10.4. The van der Waals surface area contributed by atoms with Gasteiger partial charge in [0.05, 0.1) is 0 Å². The molecule has 0 aliphatic carbocycles. The van der Waals surface area contributed by atoms with E-state index >= 15 is 0 Å². The number of ether oxygens (including phenoxy) is 1. The zero-order chi connectivity index (χ0) is 29.7. The number of benzene rings is 2. The van der Waals surface area contributed by atoms with Crippen molar-refractivity contribution in [2.75, 3.05) is 6.54 Å². The fourth-order valence-electron chi connectivity index (χ4n) is 4.44. The summed E-state index contributed by atoms with van der Waals surface area (Å²) in [6.45, 7) is 12.0. The van der Waals surface area contributed by atoms with E-state index in [9.17, 15) is 14.4 Å². The molecule has 7 heteroatoms. The lowest BCUT2D eigenvalue weighted by atomic mass is 9.95. The Balaban J connectivity index is 2.53. The van der Waals surface area contributed by atoms with Gasteiger partial charge in [-0.15, -0.1) is 6.42 Å². The lowest BCUT2D eigenvalue weighted by Gasteiger charge is -2.35. The molecular weight excluding hydrogens is 502 g/mol. The van der Waals surface area contributed by atoms with Gasteiger partial charge in [-0.05, 0) is 56.7 Å². The fraction of sp³-hybridized carbons (Fsp3) is 0.485. The first-order chi connectivity index (χ1) is 19.0. The second-order valence-corrected chi connectivity index (χ2v) is 11.4. The molecule has 2 unspecified atom stereocenters. The molecule has 2 aromatic carbocycles. The van der Waals surface area contributed by atoms with Gasteiger partial charge in [-0.2, -0.15) is 0 Å². The quantitative estimate of drug-likeness (QED) is 0.238. The molecule has 2 N–H and O–H groups in total. The van der Waals surface area contributed by atoms with Crippen LogP contribution in [0.25, 0.3) is 0 Å². The molecule has 0 heterocycles. The maximum atomic E-state index is 14.3. The Bertz CT molecular complexity index is 1150. The average Bonchev–Trinajstić information content (AvgIpc) is 2.90. The number of nitrogens with one attached hydrogen (secondary N) is 2. The number of hydrogen-bond acceptors (Lipinski definition) is 4. The van der Waals surface area contributed by atoms with Gasteiger partial charge in [0, 0.05) is 18.7 Å². The van der Waals surface area contributed by atoms with E-state index in [1.165, 1.54) is 0 Å². The van der Waals surface area contributed by atoms with Crippen molar-refractivity contribution in [1.29, 1.82) is 0 Å². The van der Waals surface area contributed by atoms with Gasteiger partial charge in [0.15, 0.2) is 0 Å². The molecule has 7 nitrogen and oxygen atoms in total. The van der Waals surface area contributed by atoms with E-state index in [1.54, 1.807) is 37.8 Å². The van der Waals surface area contributed by atoms with E-state index in [0.717, 1.165) is 18.4 Å². The summed E-state index contributed by atoms with van der Waals surface area (Å²) in [6.07, 6.45) is 8.08. The number of nitrogens with zero attached hydrogens (tertiary/aromatic N) is 1. The van der Waals surface area contributed by atoms with Crippen LogP contribution in [-0.2, 0) is 20.9 Å². The Morgan fingerprint density at radius 3 is 2.25 bits per heavy atom. The van der Waals surface area contributed by atoms with Crippen LogP contribution >= 0.6 is 0 Å². The second-order valence-electron chi connectivity index (χ2n) is 11.4. The number of carbonyl (C=O) groups is 3. The highest BCUT2D eigenvalue weighted by Gasteiger charge is 2.37. The third-order valence-corrected chi connectivity index (χ3v) is 6.26. The second kappa shape index (κ2) is 15.7. The van der Waals surface area contributed by atoms with E-state index in [2.05, 4.69) is 23.5 Å². The summed E-state index contributed by atoms with van der Waals surface area (Å²) in [5, 5.41) is 5.80. The first-order valence-electron chi connectivity index (χ1n) is 14.1. The monoisotopic (exact) mass is 547 g/mol. The SMILES string of the molecule is C#Cc1ccccc1C(C(=O)NCc1ccccc1)N(CCCCC)C(=O)C(CC(C)C)NC(=O)OC(C)(C)C. The summed E-state index contributed by atoms with van der Waals surface area (Å²) >= 11 is 0. The molecule has 0 aliphatic heterocycles. The minimum atomic E-state index is -0.976. The van der Waals surface area contributed by atoms with Gasteiger partial charge in [0.2, 0.25) is 11.8 Å². The van der Waals surface area contributed by atoms with E-state index in [0.29, 0.717) is 37.1 Å². The van der Waals surface area contributed by atoms with E-state index in [4.69, 9.17) is 11.2 Å². The minimum absolute atomic E-state index is 0.102. The Morgan fingerprint density at radius 2 is 1.65 bits per heavy atom. The Labute approximate surface area is 240 Å². The molecule has 3 amide bonds. The minimum Gasteiger partial charge on any atom is -0.444 e. The largest absolute Gasteiger partial charge is 0.444 e. The van der Waals surface area contributed by atoms with Crippen molar-refractivity contribution in [1.82, 2.24) is 15.5 Å². The van der Waals surface area contributed by atoms with Gasteiger partial charge in [-0.25, -0.2) is 4.79 Å². The first-order valence-corrected chi connectivity index (χ1v) is 14.1. The van der Waals surface area contributed by atoms with Crippen molar-refractivity contribution in [2.24, 2.45) is 5.92 Å². The molecule has 0 aliphatic rings. The van der Waals surface area contributed by atoms with Crippen LogP contribution in [0, 0.1) is 18.3 Å². The molecule has 2 atom stereocenters. The number of alkyl carbamates (subject to hydrolysis) is 1. The van der Waals surface area contributed by atoms with Crippen molar-refractivity contribution < 1.29 is 19.1 Å². The zero-order valence-electron chi connectivity index (χ0n) is 24.8. The highest BCUT2D eigenvalue weighted by Crippen LogP contribution is 2.27. The number of rotatable bonds is 13. The van der Waals surface area contributed by atoms with E-state index < -0.39 is 23.8 Å². The van der Waals surface area contributed by atoms with Crippen LogP contribution in [-0.4, -0.2) is 41.0 Å². The number of terminal acetylenes is 1. The molecule has 0 bridgehead atoms. The molecule has 0 saturated carbocycles. The summed E-state index contributed by atoms with van der Waals surface area (Å²) in [5.41, 5.74) is 1.33. The predicted molar refractivity (Wildman–Crippen MR) is 159 cm³/mol. The lowest BCUT2D eigenvalue weighted by molar-refractivity contribution is -0.143. The van der Waals surface area contributed by atoms with Crippen molar-refractivity contribution >= 4 is 17.9 Å². The van der Waals surface area contributed by atoms with Crippen LogP contribution in [0.3, 0.4) is 0 Å². The number of carbonyl (C=O) groups excluding carboxylic acids is 3. The molecule has 0 spiro atoms. The Morgan fingerprint density at radius 1 is 1.00 bits per heavy atom. The predicted octanol–water partition coefficient (Wildman–Crippen LogP) is 5.98. The number of hydrogen-bond donors (Lipinski definition) is 2. The van der Waals surface area contributed by atoms with Gasteiger partial charge < -0.3 is 20.3 Å². The van der Waals surface area contributed by atoms with E-state index in [1.807, 2.05) is 56.3 Å². The summed E-state index contributed by atoms with van der Waals surface area (Å²) in [7, 11) is 0. The Hall–Kier alpha value is -3.79. The fourth-order valence-corrected chi connectivity index (χ4v) is 4.44. The van der Waals surface area contributed by atoms with Crippen LogP contribution in [0.1, 0.15) is 90.0 Å². The van der Waals surface area contributed by atoms with E-state index in [-0.39, 0.29) is 17.7 Å². The van der Waals surface area contributed by atoms with Crippen LogP contribution in [0.5, 0.6) is 0 Å².